The second-order valence-corrected chi connectivity index (χ2v) is 10.7. The van der Waals surface area contributed by atoms with E-state index >= 15 is 0 Å². The van der Waals surface area contributed by atoms with Crippen molar-refractivity contribution in [3.8, 4) is 5.75 Å². The van der Waals surface area contributed by atoms with Gasteiger partial charge in [-0.15, -0.1) is 12.4 Å². The monoisotopic (exact) mass is 544 g/mol. The molecule has 6 nitrogen and oxygen atoms in total. The van der Waals surface area contributed by atoms with Gasteiger partial charge >= 0.3 is 5.97 Å². The summed E-state index contributed by atoms with van der Waals surface area (Å²) >= 11 is 0. The third kappa shape index (κ3) is 3.61. The molecule has 3 aliphatic carbocycles. The molecule has 1 saturated heterocycles. The first-order valence-electron chi connectivity index (χ1n) is 13.0. The lowest BCUT2D eigenvalue weighted by molar-refractivity contribution is -0.161. The van der Waals surface area contributed by atoms with Crippen LogP contribution in [0.3, 0.4) is 0 Å². The summed E-state index contributed by atoms with van der Waals surface area (Å²) in [5.74, 6) is -0.0795. The fraction of sp³-hybridized carbons (Fsp3) is 0.312. The summed E-state index contributed by atoms with van der Waals surface area (Å²) in [5, 5.41) is 0. The molecular weight excluding hydrogens is 512 g/mol. The summed E-state index contributed by atoms with van der Waals surface area (Å²) in [6.45, 7) is 4.86. The number of esters is 1. The van der Waals surface area contributed by atoms with Crippen molar-refractivity contribution in [2.24, 2.45) is 11.3 Å². The Labute approximate surface area is 235 Å². The highest BCUT2D eigenvalue weighted by atomic mass is 35.5. The number of carbonyl (C=O) groups is 2. The zero-order valence-electron chi connectivity index (χ0n) is 22.2. The Bertz CT molecular complexity index is 1470. The van der Waals surface area contributed by atoms with Gasteiger partial charge in [-0.1, -0.05) is 61.2 Å². The van der Waals surface area contributed by atoms with Gasteiger partial charge in [0.1, 0.15) is 5.75 Å². The molecule has 39 heavy (non-hydrogen) atoms. The lowest BCUT2D eigenvalue weighted by atomic mass is 9.42. The molecule has 1 saturated carbocycles. The van der Waals surface area contributed by atoms with E-state index in [1.54, 1.807) is 7.11 Å². The number of benzene rings is 3. The number of amides is 1. The molecule has 1 heterocycles. The third-order valence-corrected chi connectivity index (χ3v) is 9.28. The van der Waals surface area contributed by atoms with E-state index in [0.717, 1.165) is 18.4 Å². The maximum atomic E-state index is 14.0. The first-order chi connectivity index (χ1) is 18.4. The minimum Gasteiger partial charge on any atom is -0.496 e. The molecule has 0 radical (unpaired) electrons. The summed E-state index contributed by atoms with van der Waals surface area (Å²) in [6, 6.07) is 23.8. The number of rotatable bonds is 5. The SMILES string of the molecule is C=C(C(=O)N1CC2C3(c4cccc(N)c4)CCC(c4ccccc43)C2(C(=O)OC)C1)c1ccccc1OC.Cl. The zero-order chi connectivity index (χ0) is 26.7. The number of nitrogens with zero attached hydrogens (tertiary/aromatic N) is 1. The number of para-hydroxylation sites is 1. The number of halogens is 1. The highest BCUT2D eigenvalue weighted by molar-refractivity contribution is 6.19. The van der Waals surface area contributed by atoms with Gasteiger partial charge < -0.3 is 20.1 Å². The van der Waals surface area contributed by atoms with Crippen molar-refractivity contribution >= 4 is 35.5 Å². The van der Waals surface area contributed by atoms with Crippen molar-refractivity contribution in [2.75, 3.05) is 33.0 Å². The van der Waals surface area contributed by atoms with Crippen LogP contribution in [0.2, 0.25) is 0 Å². The summed E-state index contributed by atoms with van der Waals surface area (Å²) in [5.41, 5.74) is 10.1. The number of fused-ring (bicyclic) bond motifs is 1. The maximum Gasteiger partial charge on any atom is 0.314 e. The fourth-order valence-electron chi connectivity index (χ4n) is 7.80. The van der Waals surface area contributed by atoms with Gasteiger partial charge in [0.25, 0.3) is 5.91 Å². The molecule has 4 unspecified atom stereocenters. The quantitative estimate of drug-likeness (QED) is 0.271. The molecule has 202 valence electrons. The number of anilines is 1. The van der Waals surface area contributed by atoms with Crippen LogP contribution in [0.15, 0.2) is 79.4 Å². The predicted octanol–water partition coefficient (Wildman–Crippen LogP) is 5.21. The molecule has 1 amide bonds. The molecule has 2 bridgehead atoms. The van der Waals surface area contributed by atoms with E-state index in [4.69, 9.17) is 15.2 Å². The Morgan fingerprint density at radius 2 is 1.77 bits per heavy atom. The van der Waals surface area contributed by atoms with E-state index in [9.17, 15) is 9.59 Å². The van der Waals surface area contributed by atoms with E-state index in [0.29, 0.717) is 29.1 Å². The van der Waals surface area contributed by atoms with Crippen LogP contribution in [-0.2, 0) is 19.7 Å². The number of nitrogens with two attached hydrogens (primary N) is 1. The standard InChI is InChI=1S/C32H32N2O4.ClH/c1-20(23-11-5-7-14-27(23)37-2)29(35)34-18-28-31(21-9-8-10-22(33)17-21)16-15-26(24-12-4-6-13-25(24)31)32(28,19-34)30(36)38-3;/h4-14,17,26,28H,1,15-16,18-19,33H2,2-3H3;1H. The highest BCUT2D eigenvalue weighted by Gasteiger charge is 2.71. The number of methoxy groups -OCH3 is 2. The Balaban J connectivity index is 0.00000308. The molecule has 1 aliphatic heterocycles. The van der Waals surface area contributed by atoms with Crippen LogP contribution in [-0.4, -0.2) is 44.1 Å². The predicted molar refractivity (Wildman–Crippen MR) is 154 cm³/mol. The number of likely N-dealkylation sites (tertiary alicyclic amines) is 1. The minimum atomic E-state index is -0.872. The molecule has 7 heteroatoms. The number of ether oxygens (including phenoxy) is 2. The molecular formula is C32H33ClN2O4. The van der Waals surface area contributed by atoms with Gasteiger partial charge in [-0.05, 0) is 47.7 Å². The van der Waals surface area contributed by atoms with Gasteiger partial charge in [0.2, 0.25) is 0 Å². The summed E-state index contributed by atoms with van der Waals surface area (Å²) < 4.78 is 11.0. The molecule has 3 aromatic rings. The summed E-state index contributed by atoms with van der Waals surface area (Å²) in [7, 11) is 3.03. The Morgan fingerprint density at radius 1 is 1.03 bits per heavy atom. The van der Waals surface area contributed by atoms with E-state index in [-0.39, 0.29) is 42.7 Å². The number of hydrogen-bond donors (Lipinski definition) is 1. The van der Waals surface area contributed by atoms with Gasteiger partial charge in [0.15, 0.2) is 0 Å². The van der Waals surface area contributed by atoms with Gasteiger partial charge in [0, 0.05) is 47.2 Å². The fourth-order valence-corrected chi connectivity index (χ4v) is 7.80. The highest BCUT2D eigenvalue weighted by Crippen LogP contribution is 2.69. The van der Waals surface area contributed by atoms with Crippen molar-refractivity contribution < 1.29 is 19.1 Å². The van der Waals surface area contributed by atoms with E-state index < -0.39 is 10.8 Å². The van der Waals surface area contributed by atoms with Crippen molar-refractivity contribution in [1.82, 2.24) is 4.90 Å². The van der Waals surface area contributed by atoms with E-state index in [1.807, 2.05) is 53.4 Å². The molecule has 2 N–H and O–H groups in total. The normalized spacial score (nSPS) is 26.2. The molecule has 4 atom stereocenters. The molecule has 7 rings (SSSR count). The van der Waals surface area contributed by atoms with E-state index in [1.165, 1.54) is 18.2 Å². The zero-order valence-corrected chi connectivity index (χ0v) is 23.0. The van der Waals surface area contributed by atoms with E-state index in [2.05, 4.69) is 30.8 Å². The van der Waals surface area contributed by atoms with Crippen LogP contribution >= 0.6 is 12.4 Å². The Morgan fingerprint density at radius 3 is 2.51 bits per heavy atom. The minimum absolute atomic E-state index is 0. The third-order valence-electron chi connectivity index (χ3n) is 9.28. The first kappa shape index (κ1) is 26.8. The van der Waals surface area contributed by atoms with Crippen LogP contribution in [0.25, 0.3) is 5.57 Å². The number of nitrogen functional groups attached to an aromatic ring is 1. The smallest absolute Gasteiger partial charge is 0.314 e. The lowest BCUT2D eigenvalue weighted by Gasteiger charge is -2.59. The van der Waals surface area contributed by atoms with Crippen LogP contribution in [0, 0.1) is 11.3 Å². The number of hydrogen-bond acceptors (Lipinski definition) is 5. The first-order valence-corrected chi connectivity index (χ1v) is 13.0. The molecule has 0 aromatic heterocycles. The second kappa shape index (κ2) is 9.76. The Kier molecular flexibility index (Phi) is 6.71. The average molecular weight is 545 g/mol. The number of carbonyl (C=O) groups excluding carboxylic acids is 2. The molecule has 4 aliphatic rings. The molecule has 0 spiro atoms. The van der Waals surface area contributed by atoms with Gasteiger partial charge in [-0.2, -0.15) is 0 Å². The molecule has 2 fully saturated rings. The summed E-state index contributed by atoms with van der Waals surface area (Å²) in [6.07, 6.45) is 1.70. The van der Waals surface area contributed by atoms with Gasteiger partial charge in [-0.3, -0.25) is 9.59 Å². The second-order valence-electron chi connectivity index (χ2n) is 10.7. The van der Waals surface area contributed by atoms with Crippen molar-refractivity contribution in [2.45, 2.75) is 24.2 Å². The maximum absolute atomic E-state index is 14.0. The Hall–Kier alpha value is -3.77. The van der Waals surface area contributed by atoms with Gasteiger partial charge in [-0.25, -0.2) is 0 Å². The van der Waals surface area contributed by atoms with Gasteiger partial charge in [0.05, 0.1) is 19.6 Å². The van der Waals surface area contributed by atoms with Crippen LogP contribution in [0.1, 0.15) is 41.0 Å². The van der Waals surface area contributed by atoms with Crippen LogP contribution in [0.4, 0.5) is 5.69 Å². The van der Waals surface area contributed by atoms with Crippen molar-refractivity contribution in [3.63, 3.8) is 0 Å². The summed E-state index contributed by atoms with van der Waals surface area (Å²) in [4.78, 5) is 29.7. The lowest BCUT2D eigenvalue weighted by Crippen LogP contribution is -2.60. The van der Waals surface area contributed by atoms with Crippen molar-refractivity contribution in [3.05, 3.63) is 102 Å². The largest absolute Gasteiger partial charge is 0.496 e. The van der Waals surface area contributed by atoms with Crippen LogP contribution < -0.4 is 10.5 Å². The molecule has 3 aromatic carbocycles. The van der Waals surface area contributed by atoms with Crippen LogP contribution in [0.5, 0.6) is 5.75 Å². The van der Waals surface area contributed by atoms with Crippen molar-refractivity contribution in [1.29, 1.82) is 0 Å². The average Bonchev–Trinajstić information content (AvgIpc) is 3.40. The topological polar surface area (TPSA) is 81.9 Å².